The third-order valence-corrected chi connectivity index (χ3v) is 2.33. The van der Waals surface area contributed by atoms with E-state index in [1.807, 2.05) is 0 Å². The summed E-state index contributed by atoms with van der Waals surface area (Å²) in [6, 6.07) is 3.49. The van der Waals surface area contributed by atoms with Crippen LogP contribution in [0.25, 0.3) is 0 Å². The van der Waals surface area contributed by atoms with Crippen LogP contribution < -0.4 is 0 Å². The van der Waals surface area contributed by atoms with E-state index >= 15 is 0 Å². The van der Waals surface area contributed by atoms with Gasteiger partial charge < -0.3 is 10.2 Å². The van der Waals surface area contributed by atoms with E-state index in [1.165, 1.54) is 7.05 Å². The summed E-state index contributed by atoms with van der Waals surface area (Å²) in [6.07, 6.45) is 2.13. The van der Waals surface area contributed by atoms with Crippen molar-refractivity contribution in [2.45, 2.75) is 25.2 Å². The number of aliphatic hydroxyl groups is 2. The van der Waals surface area contributed by atoms with Crippen LogP contribution >= 0.6 is 0 Å². The quantitative estimate of drug-likeness (QED) is 0.425. The number of hydrogen-bond acceptors (Lipinski definition) is 5. The Bertz CT molecular complexity index is 320. The van der Waals surface area contributed by atoms with Crippen LogP contribution in [0.2, 0.25) is 0 Å². The zero-order valence-corrected chi connectivity index (χ0v) is 9.02. The molecule has 6 nitrogen and oxygen atoms in total. The van der Waals surface area contributed by atoms with Gasteiger partial charge in [0, 0.05) is 19.4 Å². The molecule has 0 saturated heterocycles. The fourth-order valence-electron chi connectivity index (χ4n) is 1.29. The van der Waals surface area contributed by atoms with Crippen molar-refractivity contribution >= 4 is 0 Å². The Morgan fingerprint density at radius 2 is 2.25 bits per heavy atom. The summed E-state index contributed by atoms with van der Waals surface area (Å²) >= 11 is 0. The topological polar surface area (TPSA) is 86.0 Å². The van der Waals surface area contributed by atoms with Crippen LogP contribution in [0.15, 0.2) is 29.8 Å². The maximum Gasteiger partial charge on any atom is 0.145 e. The van der Waals surface area contributed by atoms with Gasteiger partial charge in [0.2, 0.25) is 0 Å². The Morgan fingerprint density at radius 1 is 1.50 bits per heavy atom. The minimum absolute atomic E-state index is 0.262. The molecule has 2 atom stereocenters. The van der Waals surface area contributed by atoms with E-state index in [1.54, 1.807) is 24.5 Å². The van der Waals surface area contributed by atoms with Crippen molar-refractivity contribution < 1.29 is 10.2 Å². The highest BCUT2D eigenvalue weighted by Crippen LogP contribution is 2.18. The van der Waals surface area contributed by atoms with Crippen molar-refractivity contribution in [3.8, 4) is 0 Å². The second-order valence-electron chi connectivity index (χ2n) is 3.52. The molecule has 1 aromatic rings. The Hall–Kier alpha value is -1.53. The van der Waals surface area contributed by atoms with Crippen molar-refractivity contribution in [3.05, 3.63) is 35.0 Å². The summed E-state index contributed by atoms with van der Waals surface area (Å²) in [4.78, 5) is 14.0. The second-order valence-corrected chi connectivity index (χ2v) is 3.52. The van der Waals surface area contributed by atoms with Crippen LogP contribution in [0.1, 0.15) is 24.5 Å². The second kappa shape index (κ2) is 6.14. The molecule has 0 aliphatic carbocycles. The van der Waals surface area contributed by atoms with E-state index in [2.05, 4.69) is 10.3 Å². The Labute approximate surface area is 93.5 Å². The van der Waals surface area contributed by atoms with Gasteiger partial charge in [-0.05, 0) is 24.5 Å². The van der Waals surface area contributed by atoms with Gasteiger partial charge in [-0.15, -0.1) is 4.91 Å². The van der Waals surface area contributed by atoms with Crippen molar-refractivity contribution in [1.82, 2.24) is 9.99 Å². The Kier molecular flexibility index (Phi) is 4.81. The fraction of sp³-hybridized carbons (Fsp3) is 0.500. The average molecular weight is 225 g/mol. The number of nitroso groups, excluding NO2 is 1. The lowest BCUT2D eigenvalue weighted by Crippen LogP contribution is -2.26. The maximum absolute atomic E-state index is 10.1. The normalized spacial score (nSPS) is 14.2. The van der Waals surface area contributed by atoms with E-state index in [0.717, 1.165) is 5.01 Å². The molecule has 2 unspecified atom stereocenters. The molecule has 0 fully saturated rings. The smallest absolute Gasteiger partial charge is 0.145 e. The van der Waals surface area contributed by atoms with Gasteiger partial charge in [0.1, 0.15) is 6.23 Å². The molecule has 0 aliphatic rings. The molecule has 0 radical (unpaired) electrons. The first kappa shape index (κ1) is 12.5. The molecular formula is C10H15N3O3. The highest BCUT2D eigenvalue weighted by Gasteiger charge is 2.14. The molecule has 1 rings (SSSR count). The number of nitrogens with zero attached hydrogens (tertiary/aromatic N) is 3. The molecule has 0 spiro atoms. The van der Waals surface area contributed by atoms with Crippen LogP contribution in [0, 0.1) is 4.91 Å². The number of aliphatic hydroxyl groups excluding tert-OH is 2. The summed E-state index contributed by atoms with van der Waals surface area (Å²) in [5, 5.41) is 22.7. The predicted molar refractivity (Wildman–Crippen MR) is 58.0 cm³/mol. The lowest BCUT2D eigenvalue weighted by atomic mass is 10.1. The lowest BCUT2D eigenvalue weighted by Gasteiger charge is -2.18. The van der Waals surface area contributed by atoms with Gasteiger partial charge in [0.15, 0.2) is 0 Å². The van der Waals surface area contributed by atoms with Gasteiger partial charge in [-0.1, -0.05) is 6.07 Å². The SMILES string of the molecule is CN(N=O)C(O)CCC(O)c1cccnc1. The summed E-state index contributed by atoms with van der Waals surface area (Å²) in [7, 11) is 1.38. The van der Waals surface area contributed by atoms with E-state index in [-0.39, 0.29) is 6.42 Å². The molecule has 1 aromatic heterocycles. The van der Waals surface area contributed by atoms with Gasteiger partial charge >= 0.3 is 0 Å². The van der Waals surface area contributed by atoms with Crippen molar-refractivity contribution in [1.29, 1.82) is 0 Å². The Morgan fingerprint density at radius 3 is 2.81 bits per heavy atom. The standard InChI is InChI=1S/C10H15N3O3/c1-13(12-16)10(15)5-4-9(14)8-3-2-6-11-7-8/h2-3,6-7,9-10,14-15H,4-5H2,1H3. The van der Waals surface area contributed by atoms with Crippen molar-refractivity contribution in [3.63, 3.8) is 0 Å². The van der Waals surface area contributed by atoms with E-state index in [9.17, 15) is 15.1 Å². The summed E-state index contributed by atoms with van der Waals surface area (Å²) in [6.45, 7) is 0. The molecule has 0 bridgehead atoms. The van der Waals surface area contributed by atoms with Crippen LogP contribution in [-0.2, 0) is 0 Å². The van der Waals surface area contributed by atoms with Crippen LogP contribution in [-0.4, -0.2) is 33.5 Å². The fourth-order valence-corrected chi connectivity index (χ4v) is 1.29. The van der Waals surface area contributed by atoms with Crippen molar-refractivity contribution in [2.75, 3.05) is 7.05 Å². The molecule has 0 aliphatic heterocycles. The van der Waals surface area contributed by atoms with Crippen LogP contribution in [0.4, 0.5) is 0 Å². The minimum Gasteiger partial charge on any atom is -0.388 e. The van der Waals surface area contributed by atoms with Crippen LogP contribution in [0.5, 0.6) is 0 Å². The van der Waals surface area contributed by atoms with E-state index in [4.69, 9.17) is 0 Å². The third kappa shape index (κ3) is 3.56. The third-order valence-electron chi connectivity index (χ3n) is 2.33. The maximum atomic E-state index is 10.1. The molecule has 88 valence electrons. The molecule has 0 saturated carbocycles. The molecule has 16 heavy (non-hydrogen) atoms. The Balaban J connectivity index is 2.41. The van der Waals surface area contributed by atoms with Gasteiger partial charge in [-0.2, -0.15) is 0 Å². The van der Waals surface area contributed by atoms with Crippen LogP contribution in [0.3, 0.4) is 0 Å². The number of hydrogen-bond donors (Lipinski definition) is 2. The molecule has 2 N–H and O–H groups in total. The number of aromatic nitrogens is 1. The summed E-state index contributed by atoms with van der Waals surface area (Å²) < 4.78 is 0. The molecular weight excluding hydrogens is 210 g/mol. The predicted octanol–water partition coefficient (Wildman–Crippen LogP) is 0.827. The monoisotopic (exact) mass is 225 g/mol. The lowest BCUT2D eigenvalue weighted by molar-refractivity contribution is 0.00399. The molecule has 6 heteroatoms. The highest BCUT2D eigenvalue weighted by molar-refractivity contribution is 5.11. The van der Waals surface area contributed by atoms with Gasteiger partial charge in [-0.3, -0.25) is 4.98 Å². The van der Waals surface area contributed by atoms with Gasteiger partial charge in [-0.25, -0.2) is 5.01 Å². The highest BCUT2D eigenvalue weighted by atomic mass is 16.3. The zero-order chi connectivity index (χ0) is 12.0. The minimum atomic E-state index is -0.969. The zero-order valence-electron chi connectivity index (χ0n) is 9.02. The van der Waals surface area contributed by atoms with Crippen molar-refractivity contribution in [2.24, 2.45) is 5.29 Å². The average Bonchev–Trinajstić information content (AvgIpc) is 2.35. The summed E-state index contributed by atoms with van der Waals surface area (Å²) in [5.41, 5.74) is 0.691. The van der Waals surface area contributed by atoms with Gasteiger partial charge in [0.25, 0.3) is 0 Å². The van der Waals surface area contributed by atoms with E-state index in [0.29, 0.717) is 12.0 Å². The number of pyridine rings is 1. The number of rotatable bonds is 6. The summed E-state index contributed by atoms with van der Waals surface area (Å²) in [5.74, 6) is 0. The molecule has 0 aromatic carbocycles. The van der Waals surface area contributed by atoms with E-state index < -0.39 is 12.3 Å². The first-order valence-electron chi connectivity index (χ1n) is 4.97. The largest absolute Gasteiger partial charge is 0.388 e. The first-order chi connectivity index (χ1) is 7.65. The first-order valence-corrected chi connectivity index (χ1v) is 4.97. The molecule has 1 heterocycles. The van der Waals surface area contributed by atoms with Gasteiger partial charge in [0.05, 0.1) is 11.4 Å². The molecule has 0 amide bonds.